The average Bonchev–Trinajstić information content (AvgIpc) is 2.16. The molecule has 0 aromatic carbocycles. The van der Waals surface area contributed by atoms with Gasteiger partial charge in [-0.15, -0.1) is 0 Å². The van der Waals surface area contributed by atoms with Gasteiger partial charge in [-0.3, -0.25) is 0 Å². The van der Waals surface area contributed by atoms with Crippen molar-refractivity contribution in [2.75, 3.05) is 0 Å². The first-order valence-electron chi connectivity index (χ1n) is 3.46. The number of hydrogen-bond donors (Lipinski definition) is 0. The summed E-state index contributed by atoms with van der Waals surface area (Å²) in [7, 11) is 0. The third-order valence-corrected chi connectivity index (χ3v) is 5.60. The maximum atomic E-state index is 4.28. The van der Waals surface area contributed by atoms with Crippen molar-refractivity contribution >= 4 is 13.7 Å². The Balaban J connectivity index is 0.000000371. The van der Waals surface area contributed by atoms with Gasteiger partial charge in [0.05, 0.1) is 0 Å². The van der Waals surface area contributed by atoms with Gasteiger partial charge in [0.25, 0.3) is 0 Å². The molecule has 0 amide bonds. The summed E-state index contributed by atoms with van der Waals surface area (Å²) in [6, 6.07) is 0. The molecule has 3 heteroatoms. The van der Waals surface area contributed by atoms with Crippen LogP contribution in [0.2, 0.25) is 0 Å². The molecule has 1 aromatic rings. The van der Waals surface area contributed by atoms with Crippen LogP contribution in [0.25, 0.3) is 0 Å². The number of nitrogens with zero attached hydrogens (tertiary/aromatic N) is 1. The van der Waals surface area contributed by atoms with E-state index in [0.29, 0.717) is 0 Å². The van der Waals surface area contributed by atoms with Crippen LogP contribution in [0.4, 0.5) is 0 Å². The van der Waals surface area contributed by atoms with Gasteiger partial charge in [0.1, 0.15) is 0 Å². The average molecular weight is 343 g/mol. The van der Waals surface area contributed by atoms with Crippen molar-refractivity contribution in [3.63, 3.8) is 0 Å². The topological polar surface area (TPSA) is 12.9 Å². The Labute approximate surface area is 82.8 Å². The second kappa shape index (κ2) is 5.25. The Morgan fingerprint density at radius 2 is 1.80 bits per heavy atom. The van der Waals surface area contributed by atoms with Gasteiger partial charge < -0.3 is 0 Å². The number of hydrogen-bond acceptors (Lipinski definition) is 2. The third kappa shape index (κ3) is 3.10. The zero-order valence-electron chi connectivity index (χ0n) is 7.06. The van der Waals surface area contributed by atoms with E-state index in [0.717, 1.165) is 26.1 Å². The molecule has 0 fully saturated rings. The first-order chi connectivity index (χ1) is 4.70. The van der Waals surface area contributed by atoms with Gasteiger partial charge in [-0.2, -0.15) is 0 Å². The van der Waals surface area contributed by atoms with Gasteiger partial charge in [-0.1, -0.05) is 13.8 Å². The molecule has 0 spiro atoms. The fourth-order valence-corrected chi connectivity index (χ4v) is 4.05. The molecule has 1 rings (SSSR count). The summed E-state index contributed by atoms with van der Waals surface area (Å²) in [5.41, 5.74) is 1.26. The number of aromatic nitrogens is 1. The molecule has 0 radical (unpaired) electrons. The van der Waals surface area contributed by atoms with Gasteiger partial charge in [-0.05, 0) is 0 Å². The predicted octanol–water partition coefficient (Wildman–Crippen LogP) is 1.96. The molecular formula is C7H12HgNS. The van der Waals surface area contributed by atoms with Crippen LogP contribution in [0, 0.1) is 13.8 Å². The van der Waals surface area contributed by atoms with Gasteiger partial charge in [0.2, 0.25) is 0 Å². The monoisotopic (exact) mass is 344 g/mol. The molecule has 0 N–H and O–H groups in total. The van der Waals surface area contributed by atoms with Gasteiger partial charge in [0.15, 0.2) is 0 Å². The van der Waals surface area contributed by atoms with E-state index in [2.05, 4.69) is 18.8 Å². The standard InChI is InChI=1S/C5H6NS.C2H6.Hg/c1-4-3-7-5(2)6-4;1-2;/h1-2H3;1-2H3;. The SMILES string of the molecule is CC.Cc1nc(C)[c]([Hg])s1. The van der Waals surface area contributed by atoms with Crippen molar-refractivity contribution in [2.45, 2.75) is 27.7 Å². The summed E-state index contributed by atoms with van der Waals surface area (Å²) in [6.07, 6.45) is 0. The molecule has 0 saturated carbocycles. The van der Waals surface area contributed by atoms with Crippen molar-refractivity contribution in [3.8, 4) is 0 Å². The van der Waals surface area contributed by atoms with Gasteiger partial charge >= 0.3 is 69.4 Å². The van der Waals surface area contributed by atoms with Crippen LogP contribution in [0.5, 0.6) is 0 Å². The second-order valence-electron chi connectivity index (χ2n) is 1.74. The molecule has 0 unspecified atom stereocenters. The summed E-state index contributed by atoms with van der Waals surface area (Å²) in [5.74, 6) is 0. The Morgan fingerprint density at radius 3 is 1.90 bits per heavy atom. The van der Waals surface area contributed by atoms with E-state index in [4.69, 9.17) is 0 Å². The first kappa shape index (κ1) is 10.6. The van der Waals surface area contributed by atoms with E-state index in [1.807, 2.05) is 25.2 Å². The van der Waals surface area contributed by atoms with Crippen LogP contribution in [-0.2, 0) is 26.1 Å². The third-order valence-electron chi connectivity index (χ3n) is 1.000. The molecule has 0 bridgehead atoms. The van der Waals surface area contributed by atoms with E-state index >= 15 is 0 Å². The van der Waals surface area contributed by atoms with Gasteiger partial charge in [-0.25, -0.2) is 0 Å². The second-order valence-corrected chi connectivity index (χ2v) is 7.77. The fraction of sp³-hybridized carbons (Fsp3) is 0.571. The molecule has 1 aromatic heterocycles. The molecule has 53 valence electrons. The fourth-order valence-electron chi connectivity index (χ4n) is 0.573. The predicted molar refractivity (Wildman–Crippen MR) is 42.6 cm³/mol. The molecule has 0 aliphatic rings. The van der Waals surface area contributed by atoms with Gasteiger partial charge in [0, 0.05) is 0 Å². The normalized spacial score (nSPS) is 8.60. The quantitative estimate of drug-likeness (QED) is 0.657. The Morgan fingerprint density at radius 1 is 1.30 bits per heavy atom. The Kier molecular flexibility index (Phi) is 5.54. The van der Waals surface area contributed by atoms with Crippen molar-refractivity contribution in [2.24, 2.45) is 0 Å². The minimum atomic E-state index is 0.775. The van der Waals surface area contributed by atoms with Crippen LogP contribution in [-0.4, -0.2) is 4.98 Å². The zero-order chi connectivity index (χ0) is 8.15. The molecule has 0 aliphatic heterocycles. The van der Waals surface area contributed by atoms with Crippen molar-refractivity contribution in [1.82, 2.24) is 4.98 Å². The van der Waals surface area contributed by atoms with E-state index in [1.54, 1.807) is 0 Å². The summed E-state index contributed by atoms with van der Waals surface area (Å²) in [6.45, 7) is 8.15. The summed E-state index contributed by atoms with van der Waals surface area (Å²) >= 11 is 2.62. The molecular weight excluding hydrogens is 331 g/mol. The van der Waals surface area contributed by atoms with E-state index in [-0.39, 0.29) is 0 Å². The minimum absolute atomic E-state index is 0.775. The molecule has 1 nitrogen and oxygen atoms in total. The van der Waals surface area contributed by atoms with E-state index < -0.39 is 0 Å². The summed E-state index contributed by atoms with van der Waals surface area (Å²) < 4.78 is 1.53. The van der Waals surface area contributed by atoms with Crippen LogP contribution < -0.4 is 2.39 Å². The number of aryl methyl sites for hydroxylation is 2. The molecule has 0 aliphatic carbocycles. The van der Waals surface area contributed by atoms with Crippen LogP contribution in [0.1, 0.15) is 24.5 Å². The van der Waals surface area contributed by atoms with Crippen LogP contribution in [0.15, 0.2) is 0 Å². The summed E-state index contributed by atoms with van der Waals surface area (Å²) in [4.78, 5) is 4.28. The molecule has 10 heavy (non-hydrogen) atoms. The number of rotatable bonds is 0. The van der Waals surface area contributed by atoms with E-state index in [9.17, 15) is 0 Å². The molecule has 0 atom stereocenters. The van der Waals surface area contributed by atoms with Crippen LogP contribution in [0.3, 0.4) is 0 Å². The van der Waals surface area contributed by atoms with Crippen molar-refractivity contribution in [3.05, 3.63) is 10.7 Å². The molecule has 1 heterocycles. The Bertz CT molecular complexity index is 176. The van der Waals surface area contributed by atoms with Crippen molar-refractivity contribution < 1.29 is 26.1 Å². The maximum absolute atomic E-state index is 4.28. The van der Waals surface area contributed by atoms with Crippen LogP contribution >= 0.6 is 11.3 Å². The zero-order valence-corrected chi connectivity index (χ0v) is 13.4. The van der Waals surface area contributed by atoms with E-state index in [1.165, 1.54) is 13.1 Å². The molecule has 0 saturated heterocycles. The summed E-state index contributed by atoms with van der Waals surface area (Å²) in [5, 5.41) is 1.22. The van der Waals surface area contributed by atoms with Crippen molar-refractivity contribution in [1.29, 1.82) is 0 Å². The Hall–Kier alpha value is 0.565. The first-order valence-corrected chi connectivity index (χ1v) is 7.02. The number of thiazole rings is 1.